The molecule has 1 aliphatic rings. The molecule has 0 saturated carbocycles. The monoisotopic (exact) mass is 261 g/mol. The highest BCUT2D eigenvalue weighted by atomic mass is 16.5. The van der Waals surface area contributed by atoms with Crippen molar-refractivity contribution in [3.63, 3.8) is 0 Å². The van der Waals surface area contributed by atoms with E-state index < -0.39 is 0 Å². The van der Waals surface area contributed by atoms with E-state index in [4.69, 9.17) is 9.47 Å². The number of aromatic amines is 1. The van der Waals surface area contributed by atoms with Crippen LogP contribution in [0.1, 0.15) is 12.2 Å². The zero-order valence-electron chi connectivity index (χ0n) is 11.3. The summed E-state index contributed by atoms with van der Waals surface area (Å²) in [5.74, 6) is 3.17. The first-order valence-corrected chi connectivity index (χ1v) is 6.61. The zero-order chi connectivity index (χ0) is 13.2. The number of fused-ring (bicyclic) bond motifs is 1. The van der Waals surface area contributed by atoms with Crippen LogP contribution in [-0.2, 0) is 6.42 Å². The average molecular weight is 261 g/mol. The van der Waals surface area contributed by atoms with E-state index in [1.807, 2.05) is 12.1 Å². The van der Waals surface area contributed by atoms with Gasteiger partial charge in [-0.05, 0) is 25.4 Å². The largest absolute Gasteiger partial charge is 0.493 e. The number of nitrogens with one attached hydrogen (secondary N) is 2. The lowest BCUT2D eigenvalue weighted by atomic mass is 10.1. The lowest BCUT2D eigenvalue weighted by molar-refractivity contribution is 0.356. The van der Waals surface area contributed by atoms with E-state index in [2.05, 4.69) is 15.3 Å². The van der Waals surface area contributed by atoms with Crippen LogP contribution in [0.15, 0.2) is 12.1 Å². The molecule has 1 fully saturated rings. The molecule has 1 atom stereocenters. The number of hydrogen-bond donors (Lipinski definition) is 2. The third-order valence-corrected chi connectivity index (χ3v) is 3.68. The molecule has 1 aromatic carbocycles. The predicted molar refractivity (Wildman–Crippen MR) is 73.9 cm³/mol. The molecule has 5 heteroatoms. The van der Waals surface area contributed by atoms with Gasteiger partial charge in [0.1, 0.15) is 5.82 Å². The minimum atomic E-state index is 0.685. The number of H-pyrrole nitrogens is 1. The molecule has 0 aliphatic carbocycles. The molecule has 0 amide bonds. The minimum absolute atomic E-state index is 0.685. The van der Waals surface area contributed by atoms with Gasteiger partial charge in [-0.25, -0.2) is 4.98 Å². The number of methoxy groups -OCH3 is 2. The van der Waals surface area contributed by atoms with E-state index >= 15 is 0 Å². The summed E-state index contributed by atoms with van der Waals surface area (Å²) in [7, 11) is 3.28. The van der Waals surface area contributed by atoms with Crippen LogP contribution in [0.3, 0.4) is 0 Å². The number of ether oxygens (including phenoxy) is 2. The fourth-order valence-electron chi connectivity index (χ4n) is 2.65. The Morgan fingerprint density at radius 3 is 2.74 bits per heavy atom. The van der Waals surface area contributed by atoms with Crippen molar-refractivity contribution in [3.8, 4) is 11.5 Å². The molecule has 102 valence electrons. The van der Waals surface area contributed by atoms with Crippen molar-refractivity contribution in [1.82, 2.24) is 15.3 Å². The molecule has 1 saturated heterocycles. The topological polar surface area (TPSA) is 59.2 Å². The molecule has 0 radical (unpaired) electrons. The first kappa shape index (κ1) is 12.3. The predicted octanol–water partition coefficient (Wildman–Crippen LogP) is 1.73. The second kappa shape index (κ2) is 5.09. The molecule has 5 nitrogen and oxygen atoms in total. The van der Waals surface area contributed by atoms with Gasteiger partial charge in [-0.1, -0.05) is 0 Å². The van der Waals surface area contributed by atoms with Crippen LogP contribution in [0.4, 0.5) is 0 Å². The van der Waals surface area contributed by atoms with Crippen LogP contribution < -0.4 is 14.8 Å². The Morgan fingerprint density at radius 2 is 2.05 bits per heavy atom. The SMILES string of the molecule is COc1cc2nc(CC3CCNC3)[nH]c2cc1OC. The van der Waals surface area contributed by atoms with Gasteiger partial charge in [-0.15, -0.1) is 0 Å². The Kier molecular flexibility index (Phi) is 3.29. The first-order valence-electron chi connectivity index (χ1n) is 6.61. The van der Waals surface area contributed by atoms with Gasteiger partial charge in [0.15, 0.2) is 11.5 Å². The van der Waals surface area contributed by atoms with Crippen LogP contribution in [0, 0.1) is 5.92 Å². The van der Waals surface area contributed by atoms with E-state index in [1.165, 1.54) is 6.42 Å². The Hall–Kier alpha value is -1.75. The molecule has 3 rings (SSSR count). The van der Waals surface area contributed by atoms with Gasteiger partial charge >= 0.3 is 0 Å². The highest BCUT2D eigenvalue weighted by Gasteiger charge is 2.17. The second-order valence-electron chi connectivity index (χ2n) is 4.97. The number of imidazole rings is 1. The molecule has 1 aromatic heterocycles. The van der Waals surface area contributed by atoms with Gasteiger partial charge in [0, 0.05) is 18.6 Å². The smallest absolute Gasteiger partial charge is 0.163 e. The number of nitrogens with zero attached hydrogens (tertiary/aromatic N) is 1. The average Bonchev–Trinajstić information content (AvgIpc) is 3.05. The molecule has 2 heterocycles. The van der Waals surface area contributed by atoms with Gasteiger partial charge in [0.25, 0.3) is 0 Å². The van der Waals surface area contributed by atoms with Crippen LogP contribution in [-0.4, -0.2) is 37.3 Å². The molecular weight excluding hydrogens is 242 g/mol. The van der Waals surface area contributed by atoms with Crippen molar-refractivity contribution < 1.29 is 9.47 Å². The summed E-state index contributed by atoms with van der Waals surface area (Å²) in [4.78, 5) is 8.02. The van der Waals surface area contributed by atoms with Crippen molar-refractivity contribution in [2.45, 2.75) is 12.8 Å². The van der Waals surface area contributed by atoms with Crippen molar-refractivity contribution in [1.29, 1.82) is 0 Å². The lowest BCUT2D eigenvalue weighted by Gasteiger charge is -2.06. The van der Waals surface area contributed by atoms with E-state index in [1.54, 1.807) is 14.2 Å². The van der Waals surface area contributed by atoms with E-state index in [0.717, 1.165) is 47.9 Å². The summed E-state index contributed by atoms with van der Waals surface area (Å²) in [6, 6.07) is 3.86. The maximum atomic E-state index is 5.30. The molecule has 2 N–H and O–H groups in total. The number of rotatable bonds is 4. The summed E-state index contributed by atoms with van der Waals surface area (Å²) in [5, 5.41) is 3.38. The van der Waals surface area contributed by atoms with E-state index in [-0.39, 0.29) is 0 Å². The first-order chi connectivity index (χ1) is 9.30. The summed E-state index contributed by atoms with van der Waals surface area (Å²) in [5.41, 5.74) is 1.93. The molecular formula is C14H19N3O2. The number of hydrogen-bond acceptors (Lipinski definition) is 4. The van der Waals surface area contributed by atoms with Crippen molar-refractivity contribution >= 4 is 11.0 Å². The molecule has 1 unspecified atom stereocenters. The molecule has 0 bridgehead atoms. The van der Waals surface area contributed by atoms with Gasteiger partial charge in [-0.2, -0.15) is 0 Å². The fourth-order valence-corrected chi connectivity index (χ4v) is 2.65. The molecule has 19 heavy (non-hydrogen) atoms. The van der Waals surface area contributed by atoms with E-state index in [0.29, 0.717) is 5.92 Å². The van der Waals surface area contributed by atoms with Crippen molar-refractivity contribution in [3.05, 3.63) is 18.0 Å². The van der Waals surface area contributed by atoms with Gasteiger partial charge in [0.05, 0.1) is 25.3 Å². The normalized spacial score (nSPS) is 18.9. The third-order valence-electron chi connectivity index (χ3n) is 3.68. The molecule has 1 aliphatic heterocycles. The zero-order valence-corrected chi connectivity index (χ0v) is 11.3. The Balaban J connectivity index is 1.91. The van der Waals surface area contributed by atoms with E-state index in [9.17, 15) is 0 Å². The van der Waals surface area contributed by atoms with Gasteiger partial charge in [-0.3, -0.25) is 0 Å². The highest BCUT2D eigenvalue weighted by Crippen LogP contribution is 2.31. The summed E-state index contributed by atoms with van der Waals surface area (Å²) >= 11 is 0. The molecule has 0 spiro atoms. The maximum absolute atomic E-state index is 5.30. The quantitative estimate of drug-likeness (QED) is 0.880. The van der Waals surface area contributed by atoms with Gasteiger partial charge < -0.3 is 19.8 Å². The van der Waals surface area contributed by atoms with Crippen molar-refractivity contribution in [2.24, 2.45) is 5.92 Å². The van der Waals surface area contributed by atoms with Crippen LogP contribution >= 0.6 is 0 Å². The summed E-state index contributed by atoms with van der Waals surface area (Å²) in [6.45, 7) is 2.20. The minimum Gasteiger partial charge on any atom is -0.493 e. The lowest BCUT2D eigenvalue weighted by Crippen LogP contribution is -2.11. The fraction of sp³-hybridized carbons (Fsp3) is 0.500. The second-order valence-corrected chi connectivity index (χ2v) is 4.97. The third kappa shape index (κ3) is 2.38. The Labute approximate surface area is 112 Å². The standard InChI is InChI=1S/C14H19N3O2/c1-18-12-6-10-11(7-13(12)19-2)17-14(16-10)5-9-3-4-15-8-9/h6-7,9,15H,3-5,8H2,1-2H3,(H,16,17). The Morgan fingerprint density at radius 1 is 1.26 bits per heavy atom. The number of aromatic nitrogens is 2. The highest BCUT2D eigenvalue weighted by molar-refractivity contribution is 5.79. The summed E-state index contributed by atoms with van der Waals surface area (Å²) in [6.07, 6.45) is 2.22. The van der Waals surface area contributed by atoms with Gasteiger partial charge in [0.2, 0.25) is 0 Å². The van der Waals surface area contributed by atoms with Crippen LogP contribution in [0.2, 0.25) is 0 Å². The Bertz CT molecular complexity index is 532. The van der Waals surface area contributed by atoms with Crippen molar-refractivity contribution in [2.75, 3.05) is 27.3 Å². The van der Waals surface area contributed by atoms with Crippen LogP contribution in [0.5, 0.6) is 11.5 Å². The van der Waals surface area contributed by atoms with Crippen LogP contribution in [0.25, 0.3) is 11.0 Å². The molecule has 2 aromatic rings. The number of benzene rings is 1. The summed E-state index contributed by atoms with van der Waals surface area (Å²) < 4.78 is 10.6. The maximum Gasteiger partial charge on any atom is 0.163 e.